The van der Waals surface area contributed by atoms with Gasteiger partial charge in [-0.15, -0.1) is 5.10 Å². The van der Waals surface area contributed by atoms with Gasteiger partial charge in [-0.3, -0.25) is 0 Å². The van der Waals surface area contributed by atoms with Crippen LogP contribution in [0.5, 0.6) is 0 Å². The number of halogens is 2. The third-order valence-corrected chi connectivity index (χ3v) is 4.07. The van der Waals surface area contributed by atoms with Crippen molar-refractivity contribution in [2.45, 2.75) is 19.9 Å². The molecule has 0 unspecified atom stereocenters. The van der Waals surface area contributed by atoms with Gasteiger partial charge < -0.3 is 9.88 Å². The van der Waals surface area contributed by atoms with Crippen LogP contribution in [0.1, 0.15) is 5.82 Å². The van der Waals surface area contributed by atoms with E-state index in [1.807, 2.05) is 18.3 Å². The third-order valence-electron chi connectivity index (χ3n) is 4.07. The molecular formula is C16H15F2N7. The Morgan fingerprint density at radius 2 is 2.04 bits per heavy atom. The first-order valence-electron chi connectivity index (χ1n) is 7.70. The first kappa shape index (κ1) is 15.4. The number of nitrogens with one attached hydrogen (secondary N) is 1. The minimum Gasteiger partial charge on any atom is -0.356 e. The molecule has 25 heavy (non-hydrogen) atoms. The monoisotopic (exact) mass is 343 g/mol. The van der Waals surface area contributed by atoms with E-state index < -0.39 is 13.0 Å². The summed E-state index contributed by atoms with van der Waals surface area (Å²) in [7, 11) is 1.75. The van der Waals surface area contributed by atoms with Gasteiger partial charge in [0.2, 0.25) is 5.95 Å². The van der Waals surface area contributed by atoms with E-state index in [4.69, 9.17) is 0 Å². The number of imidazole rings is 1. The van der Waals surface area contributed by atoms with Gasteiger partial charge in [-0.25, -0.2) is 28.2 Å². The Morgan fingerprint density at radius 3 is 2.80 bits per heavy atom. The SMILES string of the molecule is CNc1ncc2c(-c3cnc4nc(C)n(CC(F)F)c4c3)ccn2n1. The van der Waals surface area contributed by atoms with Crippen LogP contribution in [0.3, 0.4) is 0 Å². The largest absolute Gasteiger partial charge is 0.356 e. The zero-order chi connectivity index (χ0) is 17.6. The number of alkyl halides is 2. The summed E-state index contributed by atoms with van der Waals surface area (Å²) in [5, 5.41) is 7.20. The van der Waals surface area contributed by atoms with Gasteiger partial charge in [0.25, 0.3) is 6.43 Å². The van der Waals surface area contributed by atoms with Crippen LogP contribution >= 0.6 is 0 Å². The van der Waals surface area contributed by atoms with Crippen molar-refractivity contribution in [1.29, 1.82) is 0 Å². The predicted molar refractivity (Wildman–Crippen MR) is 89.8 cm³/mol. The number of hydrogen-bond acceptors (Lipinski definition) is 5. The zero-order valence-electron chi connectivity index (χ0n) is 13.6. The Kier molecular flexibility index (Phi) is 3.56. The van der Waals surface area contributed by atoms with Crippen LogP contribution < -0.4 is 5.32 Å². The maximum absolute atomic E-state index is 12.9. The number of pyridine rings is 1. The van der Waals surface area contributed by atoms with E-state index in [9.17, 15) is 8.78 Å². The van der Waals surface area contributed by atoms with E-state index in [0.29, 0.717) is 22.9 Å². The van der Waals surface area contributed by atoms with Gasteiger partial charge >= 0.3 is 0 Å². The molecule has 0 amide bonds. The van der Waals surface area contributed by atoms with Crippen molar-refractivity contribution < 1.29 is 8.78 Å². The number of fused-ring (bicyclic) bond motifs is 2. The maximum atomic E-state index is 12.9. The molecule has 0 bridgehead atoms. The number of anilines is 1. The Bertz CT molecular complexity index is 1070. The number of nitrogens with zero attached hydrogens (tertiary/aromatic N) is 6. The predicted octanol–water partition coefficient (Wildman–Crippen LogP) is 2.76. The van der Waals surface area contributed by atoms with Crippen molar-refractivity contribution in [1.82, 2.24) is 29.1 Å². The second-order valence-electron chi connectivity index (χ2n) is 5.62. The molecule has 0 aliphatic carbocycles. The maximum Gasteiger partial charge on any atom is 0.256 e. The quantitative estimate of drug-likeness (QED) is 0.617. The summed E-state index contributed by atoms with van der Waals surface area (Å²) >= 11 is 0. The van der Waals surface area contributed by atoms with Gasteiger partial charge in [-0.2, -0.15) is 0 Å². The van der Waals surface area contributed by atoms with E-state index in [0.717, 1.165) is 16.6 Å². The van der Waals surface area contributed by atoms with Crippen LogP contribution in [-0.2, 0) is 6.54 Å². The first-order chi connectivity index (χ1) is 12.1. The van der Waals surface area contributed by atoms with Crippen molar-refractivity contribution in [3.8, 4) is 11.1 Å². The number of aromatic nitrogens is 6. The molecule has 1 N–H and O–H groups in total. The van der Waals surface area contributed by atoms with E-state index >= 15 is 0 Å². The molecule has 4 aromatic heterocycles. The Morgan fingerprint density at radius 1 is 1.20 bits per heavy atom. The second kappa shape index (κ2) is 5.76. The molecule has 128 valence electrons. The number of rotatable bonds is 4. The summed E-state index contributed by atoms with van der Waals surface area (Å²) in [4.78, 5) is 12.8. The van der Waals surface area contributed by atoms with Crippen LogP contribution in [0.15, 0.2) is 30.7 Å². The van der Waals surface area contributed by atoms with Gasteiger partial charge in [0.05, 0.1) is 23.8 Å². The molecule has 0 saturated carbocycles. The number of aryl methyl sites for hydroxylation is 1. The average Bonchev–Trinajstić information content (AvgIpc) is 3.15. The van der Waals surface area contributed by atoms with E-state index in [-0.39, 0.29) is 0 Å². The lowest BCUT2D eigenvalue weighted by molar-refractivity contribution is 0.127. The molecule has 9 heteroatoms. The highest BCUT2D eigenvalue weighted by Gasteiger charge is 2.15. The molecule has 0 fully saturated rings. The smallest absolute Gasteiger partial charge is 0.256 e. The fourth-order valence-electron chi connectivity index (χ4n) is 2.89. The highest BCUT2D eigenvalue weighted by molar-refractivity contribution is 5.85. The first-order valence-corrected chi connectivity index (χ1v) is 7.70. The van der Waals surface area contributed by atoms with Gasteiger partial charge in [0, 0.05) is 30.6 Å². The zero-order valence-corrected chi connectivity index (χ0v) is 13.6. The van der Waals surface area contributed by atoms with E-state index in [1.54, 1.807) is 30.9 Å². The Labute approximate surface area is 141 Å². The molecule has 0 aromatic carbocycles. The van der Waals surface area contributed by atoms with Gasteiger partial charge in [0.15, 0.2) is 5.65 Å². The van der Waals surface area contributed by atoms with Gasteiger partial charge in [0.1, 0.15) is 5.82 Å². The van der Waals surface area contributed by atoms with Crippen molar-refractivity contribution in [3.05, 3.63) is 36.5 Å². The normalized spacial score (nSPS) is 11.7. The second-order valence-corrected chi connectivity index (χ2v) is 5.62. The topological polar surface area (TPSA) is 72.9 Å². The Balaban J connectivity index is 1.87. The van der Waals surface area contributed by atoms with Crippen LogP contribution in [0.25, 0.3) is 27.8 Å². The summed E-state index contributed by atoms with van der Waals surface area (Å²) in [5.74, 6) is 1.03. The molecule has 0 saturated heterocycles. The highest BCUT2D eigenvalue weighted by Crippen LogP contribution is 2.28. The summed E-state index contributed by atoms with van der Waals surface area (Å²) in [6.07, 6.45) is 2.76. The molecule has 0 radical (unpaired) electrons. The lowest BCUT2D eigenvalue weighted by Gasteiger charge is -2.06. The Hall–Kier alpha value is -3.10. The molecule has 0 spiro atoms. The lowest BCUT2D eigenvalue weighted by atomic mass is 10.1. The fraction of sp³-hybridized carbons (Fsp3) is 0.250. The average molecular weight is 343 g/mol. The van der Waals surface area contributed by atoms with Crippen LogP contribution in [0, 0.1) is 6.92 Å². The van der Waals surface area contributed by atoms with Crippen LogP contribution in [-0.4, -0.2) is 42.6 Å². The van der Waals surface area contributed by atoms with Crippen molar-refractivity contribution in [2.24, 2.45) is 0 Å². The van der Waals surface area contributed by atoms with Crippen LogP contribution in [0.2, 0.25) is 0 Å². The molecular weight excluding hydrogens is 328 g/mol. The highest BCUT2D eigenvalue weighted by atomic mass is 19.3. The molecule has 4 heterocycles. The fourth-order valence-corrected chi connectivity index (χ4v) is 2.89. The van der Waals surface area contributed by atoms with E-state index in [1.165, 1.54) is 4.57 Å². The van der Waals surface area contributed by atoms with Crippen molar-refractivity contribution >= 4 is 22.6 Å². The summed E-state index contributed by atoms with van der Waals surface area (Å²) in [5.41, 5.74) is 3.52. The molecule has 4 rings (SSSR count). The minimum absolute atomic E-state index is 0.404. The summed E-state index contributed by atoms with van der Waals surface area (Å²) in [6, 6.07) is 3.72. The number of hydrogen-bond donors (Lipinski definition) is 1. The third kappa shape index (κ3) is 2.57. The summed E-state index contributed by atoms with van der Waals surface area (Å²) in [6.45, 7) is 1.29. The molecule has 0 atom stereocenters. The standard InChI is InChI=1S/C16H15F2N7/c1-9-22-15-12(24(9)8-14(17)18)5-10(6-20-15)11-3-4-25-13(11)7-21-16(19-2)23-25/h3-7,14H,8H2,1-2H3,(H,19,23). The molecule has 4 aromatic rings. The molecule has 0 aliphatic heterocycles. The van der Waals surface area contributed by atoms with E-state index in [2.05, 4.69) is 25.4 Å². The van der Waals surface area contributed by atoms with Crippen LogP contribution in [0.4, 0.5) is 14.7 Å². The van der Waals surface area contributed by atoms with Gasteiger partial charge in [-0.1, -0.05) is 0 Å². The van der Waals surface area contributed by atoms with Crippen molar-refractivity contribution in [3.63, 3.8) is 0 Å². The molecule has 0 aliphatic rings. The molecule has 7 nitrogen and oxygen atoms in total. The summed E-state index contributed by atoms with van der Waals surface area (Å²) < 4.78 is 28.9. The lowest BCUT2D eigenvalue weighted by Crippen LogP contribution is -2.08. The minimum atomic E-state index is -2.46. The van der Waals surface area contributed by atoms with Crippen molar-refractivity contribution in [2.75, 3.05) is 12.4 Å². The van der Waals surface area contributed by atoms with Gasteiger partial charge in [-0.05, 0) is 19.1 Å².